The first-order valence-electron chi connectivity index (χ1n) is 6.13. The van der Waals surface area contributed by atoms with Gasteiger partial charge in [-0.1, -0.05) is 23.7 Å². The molecule has 1 aliphatic rings. The molecule has 2 rings (SSSR count). The van der Waals surface area contributed by atoms with Gasteiger partial charge in [0.05, 0.1) is 38.2 Å². The van der Waals surface area contributed by atoms with E-state index in [9.17, 15) is 4.79 Å². The summed E-state index contributed by atoms with van der Waals surface area (Å²) in [6.45, 7) is 3.66. The van der Waals surface area contributed by atoms with Crippen LogP contribution in [0, 0.1) is 0 Å². The van der Waals surface area contributed by atoms with Gasteiger partial charge in [-0.15, -0.1) is 0 Å². The van der Waals surface area contributed by atoms with Crippen LogP contribution in [0.25, 0.3) is 0 Å². The highest BCUT2D eigenvalue weighted by Gasteiger charge is 2.21. The third-order valence-electron chi connectivity index (χ3n) is 3.16. The van der Waals surface area contributed by atoms with Crippen LogP contribution in [0.3, 0.4) is 0 Å². The molecule has 1 amide bonds. The van der Waals surface area contributed by atoms with Crippen molar-refractivity contribution in [2.45, 2.75) is 0 Å². The summed E-state index contributed by atoms with van der Waals surface area (Å²) in [4.78, 5) is 15.3. The summed E-state index contributed by atoms with van der Waals surface area (Å²) in [6.07, 6.45) is 0. The molecule has 1 aromatic rings. The van der Waals surface area contributed by atoms with Gasteiger partial charge >= 0.3 is 0 Å². The summed E-state index contributed by atoms with van der Waals surface area (Å²) < 4.78 is 5.45. The normalized spacial score (nSPS) is 16.7. The van der Waals surface area contributed by atoms with Crippen molar-refractivity contribution in [3.05, 3.63) is 29.3 Å². The zero-order chi connectivity index (χ0) is 13.0. The Hall–Kier alpha value is -1.26. The SMILES string of the molecule is C[NH+]1CCN(C(=O)COc2ccccc2Cl)CC1. The van der Waals surface area contributed by atoms with E-state index in [1.165, 1.54) is 4.90 Å². The average Bonchev–Trinajstić information content (AvgIpc) is 2.38. The lowest BCUT2D eigenvalue weighted by atomic mass is 10.3. The maximum absolute atomic E-state index is 11.9. The number of ether oxygens (including phenoxy) is 1. The Bertz CT molecular complexity index is 417. The first-order chi connectivity index (χ1) is 8.66. The van der Waals surface area contributed by atoms with Crippen molar-refractivity contribution >= 4 is 17.5 Å². The van der Waals surface area contributed by atoms with Crippen molar-refractivity contribution in [1.29, 1.82) is 0 Å². The highest BCUT2D eigenvalue weighted by Crippen LogP contribution is 2.22. The van der Waals surface area contributed by atoms with Gasteiger partial charge in [-0.25, -0.2) is 0 Å². The Morgan fingerprint density at radius 2 is 2.06 bits per heavy atom. The summed E-state index contributed by atoms with van der Waals surface area (Å²) in [5.41, 5.74) is 0. The van der Waals surface area contributed by atoms with Crippen molar-refractivity contribution in [1.82, 2.24) is 4.90 Å². The van der Waals surface area contributed by atoms with Gasteiger partial charge in [0, 0.05) is 0 Å². The van der Waals surface area contributed by atoms with Gasteiger partial charge in [-0.2, -0.15) is 0 Å². The molecule has 1 N–H and O–H groups in total. The zero-order valence-electron chi connectivity index (χ0n) is 10.5. The molecule has 0 aliphatic carbocycles. The second kappa shape index (κ2) is 6.07. The smallest absolute Gasteiger partial charge is 0.260 e. The van der Waals surface area contributed by atoms with Gasteiger partial charge in [-0.3, -0.25) is 4.79 Å². The molecule has 1 heterocycles. The van der Waals surface area contributed by atoms with Crippen LogP contribution in [0.4, 0.5) is 0 Å². The number of carbonyl (C=O) groups excluding carboxylic acids is 1. The predicted octanol–water partition coefficient (Wildman–Crippen LogP) is 0.0757. The van der Waals surface area contributed by atoms with E-state index in [-0.39, 0.29) is 12.5 Å². The first kappa shape index (κ1) is 13.2. The molecule has 1 fully saturated rings. The molecule has 0 radical (unpaired) electrons. The third kappa shape index (κ3) is 3.37. The van der Waals surface area contributed by atoms with Gasteiger partial charge < -0.3 is 14.5 Å². The van der Waals surface area contributed by atoms with Gasteiger partial charge in [0.2, 0.25) is 0 Å². The minimum Gasteiger partial charge on any atom is -0.482 e. The number of likely N-dealkylation sites (N-methyl/N-ethyl adjacent to an activating group) is 1. The van der Waals surface area contributed by atoms with Crippen LogP contribution < -0.4 is 9.64 Å². The van der Waals surface area contributed by atoms with E-state index < -0.39 is 0 Å². The summed E-state index contributed by atoms with van der Waals surface area (Å²) in [5.74, 6) is 0.592. The molecule has 0 atom stereocenters. The van der Waals surface area contributed by atoms with Crippen LogP contribution in [0.5, 0.6) is 5.75 Å². The van der Waals surface area contributed by atoms with Crippen molar-refractivity contribution < 1.29 is 14.4 Å². The summed E-state index contributed by atoms with van der Waals surface area (Å²) in [7, 11) is 2.14. The second-order valence-corrected chi connectivity index (χ2v) is 4.96. The number of hydrogen-bond acceptors (Lipinski definition) is 2. The van der Waals surface area contributed by atoms with Gasteiger partial charge in [0.15, 0.2) is 6.61 Å². The second-order valence-electron chi connectivity index (χ2n) is 4.56. The van der Waals surface area contributed by atoms with E-state index in [4.69, 9.17) is 16.3 Å². The fourth-order valence-electron chi connectivity index (χ4n) is 1.93. The van der Waals surface area contributed by atoms with Crippen LogP contribution >= 0.6 is 11.6 Å². The molecule has 5 heteroatoms. The molecule has 1 aliphatic heterocycles. The minimum absolute atomic E-state index is 0.0300. The number of para-hydroxylation sites is 1. The van der Waals surface area contributed by atoms with Crippen molar-refractivity contribution in [3.63, 3.8) is 0 Å². The molecule has 1 saturated heterocycles. The lowest BCUT2D eigenvalue weighted by Crippen LogP contribution is -3.12. The molecule has 1 aromatic carbocycles. The zero-order valence-corrected chi connectivity index (χ0v) is 11.2. The van der Waals surface area contributed by atoms with E-state index in [1.807, 2.05) is 17.0 Å². The minimum atomic E-state index is 0.0300. The van der Waals surface area contributed by atoms with Gasteiger partial charge in [-0.05, 0) is 12.1 Å². The molecular formula is C13H18ClN2O2+. The van der Waals surface area contributed by atoms with Crippen molar-refractivity contribution in [3.8, 4) is 5.75 Å². The van der Waals surface area contributed by atoms with E-state index in [2.05, 4.69) is 7.05 Å². The average molecular weight is 270 g/mol. The molecule has 0 saturated carbocycles. The lowest BCUT2D eigenvalue weighted by molar-refractivity contribution is -0.883. The lowest BCUT2D eigenvalue weighted by Gasteiger charge is -2.30. The van der Waals surface area contributed by atoms with E-state index in [1.54, 1.807) is 12.1 Å². The highest BCUT2D eigenvalue weighted by atomic mass is 35.5. The van der Waals surface area contributed by atoms with Crippen LogP contribution in [-0.2, 0) is 4.79 Å². The number of rotatable bonds is 3. The Morgan fingerprint density at radius 1 is 1.39 bits per heavy atom. The van der Waals surface area contributed by atoms with E-state index in [0.29, 0.717) is 10.8 Å². The van der Waals surface area contributed by atoms with Crippen LogP contribution in [0.1, 0.15) is 0 Å². The number of nitrogens with zero attached hydrogens (tertiary/aromatic N) is 1. The number of benzene rings is 1. The number of nitrogens with one attached hydrogen (secondary N) is 1. The number of hydrogen-bond donors (Lipinski definition) is 1. The molecule has 0 spiro atoms. The Morgan fingerprint density at radius 3 is 2.72 bits per heavy atom. The largest absolute Gasteiger partial charge is 0.482 e. The fraction of sp³-hybridized carbons (Fsp3) is 0.462. The molecular weight excluding hydrogens is 252 g/mol. The molecule has 0 unspecified atom stereocenters. The fourth-order valence-corrected chi connectivity index (χ4v) is 2.12. The first-order valence-corrected chi connectivity index (χ1v) is 6.51. The molecule has 0 aromatic heterocycles. The maximum Gasteiger partial charge on any atom is 0.260 e. The van der Waals surface area contributed by atoms with Crippen LogP contribution in [-0.4, -0.2) is 50.6 Å². The Kier molecular flexibility index (Phi) is 4.44. The molecule has 4 nitrogen and oxygen atoms in total. The number of halogens is 1. The van der Waals surface area contributed by atoms with Crippen LogP contribution in [0.15, 0.2) is 24.3 Å². The van der Waals surface area contributed by atoms with Crippen LogP contribution in [0.2, 0.25) is 5.02 Å². The van der Waals surface area contributed by atoms with Crippen molar-refractivity contribution in [2.75, 3.05) is 39.8 Å². The van der Waals surface area contributed by atoms with Gasteiger partial charge in [0.1, 0.15) is 5.75 Å². The Balaban J connectivity index is 1.83. The van der Waals surface area contributed by atoms with Gasteiger partial charge in [0.25, 0.3) is 5.91 Å². The third-order valence-corrected chi connectivity index (χ3v) is 3.47. The quantitative estimate of drug-likeness (QED) is 0.843. The van der Waals surface area contributed by atoms with Crippen molar-refractivity contribution in [2.24, 2.45) is 0 Å². The summed E-state index contributed by atoms with van der Waals surface area (Å²) in [6, 6.07) is 7.19. The molecule has 0 bridgehead atoms. The molecule has 18 heavy (non-hydrogen) atoms. The highest BCUT2D eigenvalue weighted by molar-refractivity contribution is 6.32. The molecule has 98 valence electrons. The maximum atomic E-state index is 11.9. The predicted molar refractivity (Wildman–Crippen MR) is 70.1 cm³/mol. The number of piperazine rings is 1. The monoisotopic (exact) mass is 269 g/mol. The summed E-state index contributed by atoms with van der Waals surface area (Å²) >= 11 is 5.96. The number of quaternary nitrogens is 1. The standard InChI is InChI=1S/C13H17ClN2O2/c1-15-6-8-16(9-7-15)13(17)10-18-12-5-3-2-4-11(12)14/h2-5H,6-10H2,1H3/p+1. The number of amides is 1. The Labute approximate surface area is 112 Å². The van der Waals surface area contributed by atoms with E-state index >= 15 is 0 Å². The van der Waals surface area contributed by atoms with E-state index in [0.717, 1.165) is 26.2 Å². The topological polar surface area (TPSA) is 34.0 Å². The summed E-state index contributed by atoms with van der Waals surface area (Å²) in [5, 5.41) is 0.535. The number of carbonyl (C=O) groups is 1.